The van der Waals surface area contributed by atoms with Gasteiger partial charge in [-0.3, -0.25) is 4.79 Å². The maximum atomic E-state index is 9.93. The second-order valence-corrected chi connectivity index (χ2v) is 2.31. The number of hydrogen-bond acceptors (Lipinski definition) is 4. The van der Waals surface area contributed by atoms with E-state index in [0.717, 1.165) is 6.29 Å². The van der Waals surface area contributed by atoms with E-state index >= 15 is 0 Å². The molecule has 1 aromatic heterocycles. The Balaban J connectivity index is 0.000000640. The molecule has 9 heavy (non-hydrogen) atoms. The smallest absolute Gasteiger partial charge is 0.180 e. The number of nitrogens with two attached hydrogens (primary N) is 1. The van der Waals surface area contributed by atoms with Crippen molar-refractivity contribution >= 4 is 35.2 Å². The summed E-state index contributed by atoms with van der Waals surface area (Å²) in [5, 5.41) is 0.437. The lowest BCUT2D eigenvalue weighted by Crippen LogP contribution is -1.77. The fourth-order valence-corrected chi connectivity index (χ4v) is 0.856. The van der Waals surface area contributed by atoms with E-state index in [0.29, 0.717) is 10.0 Å². The first-order valence-corrected chi connectivity index (χ1v) is 2.81. The van der Waals surface area contributed by atoms with Gasteiger partial charge < -0.3 is 5.73 Å². The van der Waals surface area contributed by atoms with E-state index < -0.39 is 0 Å². The van der Waals surface area contributed by atoms with Gasteiger partial charge in [-0.1, -0.05) is 11.3 Å². The van der Waals surface area contributed by atoms with Crippen LogP contribution in [0.4, 0.5) is 5.13 Å². The molecular formula is C4H5ClN2OS. The molecule has 2 N–H and O–H groups in total. The molecule has 0 radical (unpaired) electrons. The Kier molecular flexibility index (Phi) is 3.19. The normalized spacial score (nSPS) is 8.00. The van der Waals surface area contributed by atoms with E-state index in [1.54, 1.807) is 0 Å². The van der Waals surface area contributed by atoms with Crippen molar-refractivity contribution in [2.45, 2.75) is 0 Å². The monoisotopic (exact) mass is 164 g/mol. The Bertz CT molecular complexity index is 200. The molecule has 0 fully saturated rings. The van der Waals surface area contributed by atoms with E-state index in [4.69, 9.17) is 5.73 Å². The molecule has 1 rings (SSSR count). The summed E-state index contributed by atoms with van der Waals surface area (Å²) in [5.41, 5.74) is 5.20. The predicted molar refractivity (Wildman–Crippen MR) is 39.2 cm³/mol. The van der Waals surface area contributed by atoms with Crippen molar-refractivity contribution in [1.29, 1.82) is 0 Å². The molecule has 3 nitrogen and oxygen atoms in total. The van der Waals surface area contributed by atoms with Gasteiger partial charge in [-0.15, -0.1) is 12.4 Å². The minimum Gasteiger partial charge on any atom is -0.375 e. The predicted octanol–water partition coefficient (Wildman–Crippen LogP) is 0.960. The van der Waals surface area contributed by atoms with E-state index in [1.807, 2.05) is 0 Å². The fraction of sp³-hybridized carbons (Fsp3) is 0. The maximum absolute atomic E-state index is 9.93. The lowest BCUT2D eigenvalue weighted by atomic mass is 10.6. The molecule has 0 aromatic carbocycles. The third-order valence-electron chi connectivity index (χ3n) is 0.658. The quantitative estimate of drug-likeness (QED) is 0.629. The van der Waals surface area contributed by atoms with Crippen LogP contribution in [0, 0.1) is 0 Å². The number of aldehydes is 1. The highest BCUT2D eigenvalue weighted by molar-refractivity contribution is 7.16. The summed E-state index contributed by atoms with van der Waals surface area (Å²) >= 11 is 1.19. The minimum absolute atomic E-state index is 0. The summed E-state index contributed by atoms with van der Waals surface area (Å²) in [6, 6.07) is 0. The Hall–Kier alpha value is -0.610. The SMILES string of the molecule is Cl.Nc1ncc(C=O)s1. The van der Waals surface area contributed by atoms with Crippen LogP contribution in [0.1, 0.15) is 9.67 Å². The molecule has 0 bridgehead atoms. The van der Waals surface area contributed by atoms with Gasteiger partial charge in [0.05, 0.1) is 11.1 Å². The number of nitrogens with zero attached hydrogens (tertiary/aromatic N) is 1. The van der Waals surface area contributed by atoms with Gasteiger partial charge in [0.1, 0.15) is 0 Å². The van der Waals surface area contributed by atoms with Gasteiger partial charge in [-0.25, -0.2) is 4.98 Å². The number of carbonyl (C=O) groups is 1. The van der Waals surface area contributed by atoms with Gasteiger partial charge in [0.2, 0.25) is 0 Å². The highest BCUT2D eigenvalue weighted by Crippen LogP contribution is 2.10. The van der Waals surface area contributed by atoms with Crippen molar-refractivity contribution in [1.82, 2.24) is 4.98 Å². The van der Waals surface area contributed by atoms with Crippen LogP contribution in [0.25, 0.3) is 0 Å². The number of rotatable bonds is 1. The standard InChI is InChI=1S/C4H4N2OS.ClH/c5-4-6-1-3(2-7)8-4;/h1-2H,(H2,5,6);1H. The molecule has 50 valence electrons. The lowest BCUT2D eigenvalue weighted by molar-refractivity contribution is 0.112. The largest absolute Gasteiger partial charge is 0.375 e. The van der Waals surface area contributed by atoms with Crippen molar-refractivity contribution in [3.63, 3.8) is 0 Å². The molecule has 0 amide bonds. The first kappa shape index (κ1) is 8.39. The number of hydrogen-bond donors (Lipinski definition) is 1. The highest BCUT2D eigenvalue weighted by atomic mass is 35.5. The third kappa shape index (κ3) is 1.99. The molecule has 0 aliphatic heterocycles. The highest BCUT2D eigenvalue weighted by Gasteiger charge is 1.92. The Labute approximate surface area is 62.3 Å². The molecule has 0 saturated heterocycles. The number of anilines is 1. The number of aromatic nitrogens is 1. The Morgan fingerprint density at radius 1 is 1.78 bits per heavy atom. The molecule has 5 heteroatoms. The minimum atomic E-state index is 0. The van der Waals surface area contributed by atoms with Crippen LogP contribution in [0.15, 0.2) is 6.20 Å². The molecule has 0 aliphatic carbocycles. The molecule has 0 atom stereocenters. The molecule has 1 aromatic rings. The second-order valence-electron chi connectivity index (χ2n) is 1.22. The molecule has 0 spiro atoms. The summed E-state index contributed by atoms with van der Waals surface area (Å²) < 4.78 is 0. The summed E-state index contributed by atoms with van der Waals surface area (Å²) in [7, 11) is 0. The number of halogens is 1. The zero-order chi connectivity index (χ0) is 5.98. The molecular weight excluding hydrogens is 160 g/mol. The van der Waals surface area contributed by atoms with Gasteiger partial charge in [-0.2, -0.15) is 0 Å². The first-order valence-electron chi connectivity index (χ1n) is 1.99. The first-order chi connectivity index (χ1) is 3.83. The zero-order valence-corrected chi connectivity index (χ0v) is 6.04. The van der Waals surface area contributed by atoms with Crippen LogP contribution >= 0.6 is 23.7 Å². The number of nitrogen functional groups attached to an aromatic ring is 1. The van der Waals surface area contributed by atoms with Crippen molar-refractivity contribution in [3.8, 4) is 0 Å². The topological polar surface area (TPSA) is 56.0 Å². The lowest BCUT2D eigenvalue weighted by Gasteiger charge is -1.70. The average molecular weight is 165 g/mol. The molecule has 1 heterocycles. The maximum Gasteiger partial charge on any atom is 0.180 e. The van der Waals surface area contributed by atoms with E-state index in [1.165, 1.54) is 17.5 Å². The second kappa shape index (κ2) is 3.42. The van der Waals surface area contributed by atoms with Gasteiger partial charge in [0, 0.05) is 0 Å². The molecule has 0 saturated carbocycles. The fourth-order valence-electron chi connectivity index (χ4n) is 0.355. The zero-order valence-electron chi connectivity index (χ0n) is 4.40. The Morgan fingerprint density at radius 3 is 2.67 bits per heavy atom. The number of thiazole rings is 1. The van der Waals surface area contributed by atoms with Gasteiger partial charge in [0.25, 0.3) is 0 Å². The van der Waals surface area contributed by atoms with E-state index in [-0.39, 0.29) is 12.4 Å². The summed E-state index contributed by atoms with van der Waals surface area (Å²) in [6.45, 7) is 0. The van der Waals surface area contributed by atoms with Crippen LogP contribution in [0.2, 0.25) is 0 Å². The van der Waals surface area contributed by atoms with Gasteiger partial charge in [-0.05, 0) is 0 Å². The summed E-state index contributed by atoms with van der Waals surface area (Å²) in [6.07, 6.45) is 2.18. The van der Waals surface area contributed by atoms with E-state index in [9.17, 15) is 4.79 Å². The van der Waals surface area contributed by atoms with Crippen LogP contribution in [0.5, 0.6) is 0 Å². The van der Waals surface area contributed by atoms with E-state index in [2.05, 4.69) is 4.98 Å². The summed E-state index contributed by atoms with van der Waals surface area (Å²) in [5.74, 6) is 0. The van der Waals surface area contributed by atoms with Crippen LogP contribution in [-0.2, 0) is 0 Å². The van der Waals surface area contributed by atoms with Crippen molar-refractivity contribution in [2.24, 2.45) is 0 Å². The third-order valence-corrected chi connectivity index (χ3v) is 1.41. The summed E-state index contributed by atoms with van der Waals surface area (Å²) in [4.78, 5) is 14.2. The van der Waals surface area contributed by atoms with Crippen LogP contribution < -0.4 is 5.73 Å². The number of carbonyl (C=O) groups excluding carboxylic acids is 1. The van der Waals surface area contributed by atoms with Crippen molar-refractivity contribution < 1.29 is 4.79 Å². The Morgan fingerprint density at radius 2 is 2.44 bits per heavy atom. The van der Waals surface area contributed by atoms with Crippen molar-refractivity contribution in [3.05, 3.63) is 11.1 Å². The van der Waals surface area contributed by atoms with Crippen LogP contribution in [0.3, 0.4) is 0 Å². The molecule has 0 unspecified atom stereocenters. The van der Waals surface area contributed by atoms with Crippen molar-refractivity contribution in [2.75, 3.05) is 5.73 Å². The van der Waals surface area contributed by atoms with Gasteiger partial charge >= 0.3 is 0 Å². The van der Waals surface area contributed by atoms with Gasteiger partial charge in [0.15, 0.2) is 11.4 Å². The average Bonchev–Trinajstić information content (AvgIpc) is 2.14. The molecule has 0 aliphatic rings. The van der Waals surface area contributed by atoms with Crippen LogP contribution in [-0.4, -0.2) is 11.3 Å².